The Bertz CT molecular complexity index is 1620. The Kier molecular flexibility index (Phi) is 8.89. The van der Waals surface area contributed by atoms with Gasteiger partial charge in [0, 0.05) is 36.5 Å². The van der Waals surface area contributed by atoms with Gasteiger partial charge < -0.3 is 0 Å². The molecular formula is C27H29ClF2N4O3S. The van der Waals surface area contributed by atoms with Gasteiger partial charge in [-0.2, -0.15) is 5.10 Å². The van der Waals surface area contributed by atoms with Crippen molar-refractivity contribution in [3.8, 4) is 0 Å². The molecule has 2 aromatic heterocycles. The van der Waals surface area contributed by atoms with Crippen molar-refractivity contribution in [2.24, 2.45) is 12.0 Å². The van der Waals surface area contributed by atoms with Crippen LogP contribution in [0.4, 0.5) is 8.78 Å². The first kappa shape index (κ1) is 29.2. The molecule has 0 saturated heterocycles. The summed E-state index contributed by atoms with van der Waals surface area (Å²) in [4.78, 5) is 16.6. The molecule has 0 saturated carbocycles. The molecule has 3 rings (SSSR count). The molecule has 0 aliphatic rings. The van der Waals surface area contributed by atoms with E-state index < -0.39 is 37.6 Å². The van der Waals surface area contributed by atoms with E-state index in [1.807, 2.05) is 27.0 Å². The summed E-state index contributed by atoms with van der Waals surface area (Å²) in [6.07, 6.45) is 5.01. The summed E-state index contributed by atoms with van der Waals surface area (Å²) in [6, 6.07) is 7.25. The van der Waals surface area contributed by atoms with Gasteiger partial charge in [0.25, 0.3) is 5.56 Å². The third-order valence-corrected chi connectivity index (χ3v) is 7.55. The number of pyridine rings is 1. The van der Waals surface area contributed by atoms with Crippen LogP contribution in [0.3, 0.4) is 0 Å². The molecule has 3 aromatic rings. The van der Waals surface area contributed by atoms with Crippen LogP contribution in [-0.4, -0.2) is 34.7 Å². The molecule has 0 radical (unpaired) electrons. The quantitative estimate of drug-likeness (QED) is 0.338. The summed E-state index contributed by atoms with van der Waals surface area (Å²) >= 11 is 6.45. The molecule has 202 valence electrons. The average molecular weight is 563 g/mol. The average Bonchev–Trinajstić information content (AvgIpc) is 3.15. The van der Waals surface area contributed by atoms with Gasteiger partial charge in [-0.05, 0) is 62.9 Å². The van der Waals surface area contributed by atoms with Gasteiger partial charge >= 0.3 is 0 Å². The van der Waals surface area contributed by atoms with Crippen LogP contribution in [0, 0.1) is 19.7 Å². The summed E-state index contributed by atoms with van der Waals surface area (Å²) in [5, 5.41) is 4.38. The number of aryl methyl sites for hydroxylation is 3. The maximum atomic E-state index is 15.6. The van der Waals surface area contributed by atoms with Crippen molar-refractivity contribution in [1.29, 1.82) is 0 Å². The number of hydrogen-bond acceptors (Lipinski definition) is 5. The highest BCUT2D eigenvalue weighted by Gasteiger charge is 2.23. The number of halogens is 3. The van der Waals surface area contributed by atoms with Gasteiger partial charge in [-0.1, -0.05) is 30.7 Å². The van der Waals surface area contributed by atoms with Gasteiger partial charge in [0.05, 0.1) is 11.9 Å². The Balaban J connectivity index is 2.08. The molecule has 0 fully saturated rings. The maximum Gasteiger partial charge on any atom is 0.273 e. The first-order valence-corrected chi connectivity index (χ1v) is 14.0. The molecule has 7 nitrogen and oxygen atoms in total. The lowest BCUT2D eigenvalue weighted by Crippen LogP contribution is -2.22. The van der Waals surface area contributed by atoms with Gasteiger partial charge in [0.15, 0.2) is 21.5 Å². The van der Waals surface area contributed by atoms with Crippen molar-refractivity contribution in [2.75, 3.05) is 6.26 Å². The first-order chi connectivity index (χ1) is 17.8. The van der Waals surface area contributed by atoms with E-state index in [2.05, 4.69) is 10.1 Å². The van der Waals surface area contributed by atoms with Crippen LogP contribution < -0.4 is 5.56 Å². The second-order valence-electron chi connectivity index (χ2n) is 9.06. The van der Waals surface area contributed by atoms with Crippen molar-refractivity contribution in [1.82, 2.24) is 14.3 Å². The minimum absolute atomic E-state index is 0.0722. The van der Waals surface area contributed by atoms with Gasteiger partial charge in [0.2, 0.25) is 0 Å². The lowest BCUT2D eigenvalue weighted by Gasteiger charge is -2.16. The Morgan fingerprint density at radius 2 is 1.92 bits per heavy atom. The number of benzene rings is 1. The largest absolute Gasteiger partial charge is 0.284 e. The Hall–Kier alpha value is -3.37. The van der Waals surface area contributed by atoms with E-state index >= 15 is 8.78 Å². The van der Waals surface area contributed by atoms with E-state index in [-0.39, 0.29) is 16.5 Å². The molecule has 38 heavy (non-hydrogen) atoms. The molecular weight excluding hydrogens is 534 g/mol. The number of aliphatic imine (C=N–C) groups is 1. The zero-order chi connectivity index (χ0) is 28.4. The third-order valence-electron chi connectivity index (χ3n) is 6.05. The molecule has 11 heteroatoms. The Morgan fingerprint density at radius 3 is 2.50 bits per heavy atom. The topological polar surface area (TPSA) is 86.3 Å². The molecule has 0 aliphatic heterocycles. The second kappa shape index (κ2) is 11.6. The van der Waals surface area contributed by atoms with E-state index in [0.29, 0.717) is 17.7 Å². The fraction of sp³-hybridized carbons (Fsp3) is 0.296. The number of sulfone groups is 1. The fourth-order valence-electron chi connectivity index (χ4n) is 3.99. The minimum atomic E-state index is -3.92. The van der Waals surface area contributed by atoms with Gasteiger partial charge in [-0.3, -0.25) is 19.0 Å². The number of nitrogens with zero attached hydrogens (tertiary/aromatic N) is 4. The Labute approximate surface area is 225 Å². The van der Waals surface area contributed by atoms with Crippen LogP contribution in [0.15, 0.2) is 63.1 Å². The van der Waals surface area contributed by atoms with E-state index in [9.17, 15) is 13.2 Å². The van der Waals surface area contributed by atoms with Crippen LogP contribution in [0.5, 0.6) is 0 Å². The lowest BCUT2D eigenvalue weighted by atomic mass is 9.96. The standard InChI is InChI=1S/C27H29ClF2N4O3S/c1-7-11-31-26(20-9-8-10-23(25(20)30)38(6,36)37)22(29)15-34-18(4)14-21(24(28)27(34)35)16(2)12-19-13-17(3)33(5)32-19/h7-11,13-16H,12H2,1-6H3/b11-7+,22-15-,31-26+. The van der Waals surface area contributed by atoms with Gasteiger partial charge in [0.1, 0.15) is 15.6 Å². The van der Waals surface area contributed by atoms with Crippen LogP contribution in [0.1, 0.15) is 48.0 Å². The highest BCUT2D eigenvalue weighted by Crippen LogP contribution is 2.27. The highest BCUT2D eigenvalue weighted by atomic mass is 35.5. The number of allylic oxidation sites excluding steroid dienone is 2. The molecule has 2 heterocycles. The third kappa shape index (κ3) is 6.19. The molecule has 0 bridgehead atoms. The number of aromatic nitrogens is 3. The SMILES string of the molecule is C/C=C/N=C(/C(F)=C/n1c(C)cc(C(C)Cc2cc(C)n(C)n2)c(Cl)c1=O)c1cccc(S(C)(=O)=O)c1F. The van der Waals surface area contributed by atoms with Crippen LogP contribution in [-0.2, 0) is 23.3 Å². The minimum Gasteiger partial charge on any atom is -0.284 e. The molecule has 1 unspecified atom stereocenters. The van der Waals surface area contributed by atoms with E-state index in [0.717, 1.165) is 34.5 Å². The van der Waals surface area contributed by atoms with E-state index in [4.69, 9.17) is 11.6 Å². The smallest absolute Gasteiger partial charge is 0.273 e. The van der Waals surface area contributed by atoms with Crippen molar-refractivity contribution in [2.45, 2.75) is 44.9 Å². The van der Waals surface area contributed by atoms with Crippen LogP contribution in [0.25, 0.3) is 6.20 Å². The summed E-state index contributed by atoms with van der Waals surface area (Å²) in [5.41, 5.74) is 1.34. The zero-order valence-corrected chi connectivity index (χ0v) is 23.5. The highest BCUT2D eigenvalue weighted by molar-refractivity contribution is 7.90. The summed E-state index contributed by atoms with van der Waals surface area (Å²) < 4.78 is 57.5. The lowest BCUT2D eigenvalue weighted by molar-refractivity contribution is 0.568. The molecule has 0 N–H and O–H groups in total. The molecule has 1 aromatic carbocycles. The monoisotopic (exact) mass is 562 g/mol. The maximum absolute atomic E-state index is 15.6. The Morgan fingerprint density at radius 1 is 1.24 bits per heavy atom. The second-order valence-corrected chi connectivity index (χ2v) is 11.4. The first-order valence-electron chi connectivity index (χ1n) is 11.7. The molecule has 0 spiro atoms. The van der Waals surface area contributed by atoms with Gasteiger partial charge in [-0.15, -0.1) is 0 Å². The zero-order valence-electron chi connectivity index (χ0n) is 22.0. The fourth-order valence-corrected chi connectivity index (χ4v) is 5.08. The summed E-state index contributed by atoms with van der Waals surface area (Å²) in [7, 11) is -2.07. The molecule has 0 amide bonds. The van der Waals surface area contributed by atoms with Crippen molar-refractivity contribution >= 4 is 33.3 Å². The normalized spacial score (nSPS) is 13.9. The summed E-state index contributed by atoms with van der Waals surface area (Å²) in [5.74, 6) is -2.34. The number of hydrogen-bond donors (Lipinski definition) is 0. The van der Waals surface area contributed by atoms with E-state index in [1.165, 1.54) is 24.4 Å². The summed E-state index contributed by atoms with van der Waals surface area (Å²) in [6.45, 7) is 7.12. The number of rotatable bonds is 8. The molecule has 1 atom stereocenters. The van der Waals surface area contributed by atoms with Crippen molar-refractivity contribution in [3.63, 3.8) is 0 Å². The van der Waals surface area contributed by atoms with Crippen LogP contribution >= 0.6 is 11.6 Å². The van der Waals surface area contributed by atoms with E-state index in [1.54, 1.807) is 24.6 Å². The molecule has 0 aliphatic carbocycles. The van der Waals surface area contributed by atoms with Crippen molar-refractivity contribution in [3.05, 3.63) is 97.8 Å². The van der Waals surface area contributed by atoms with Gasteiger partial charge in [-0.25, -0.2) is 17.2 Å². The van der Waals surface area contributed by atoms with Crippen LogP contribution in [0.2, 0.25) is 5.02 Å². The predicted molar refractivity (Wildman–Crippen MR) is 147 cm³/mol. The van der Waals surface area contributed by atoms with Crippen molar-refractivity contribution < 1.29 is 17.2 Å². The predicted octanol–water partition coefficient (Wildman–Crippen LogP) is 5.53.